The van der Waals surface area contributed by atoms with Crippen molar-refractivity contribution in [3.8, 4) is 0 Å². The lowest BCUT2D eigenvalue weighted by atomic mass is 10.0. The van der Waals surface area contributed by atoms with E-state index in [4.69, 9.17) is 0 Å². The number of hydrogen-bond acceptors (Lipinski definition) is 2. The minimum Gasteiger partial charge on any atom is -0.372 e. The van der Waals surface area contributed by atoms with Crippen molar-refractivity contribution in [1.29, 1.82) is 0 Å². The van der Waals surface area contributed by atoms with Gasteiger partial charge < -0.3 is 9.80 Å². The van der Waals surface area contributed by atoms with Crippen molar-refractivity contribution in [2.24, 2.45) is 0 Å². The molecule has 3 aromatic carbocycles. The molecule has 0 radical (unpaired) electrons. The highest BCUT2D eigenvalue weighted by Gasteiger charge is 2.22. The Morgan fingerprint density at radius 1 is 0.432 bits per heavy atom. The molecule has 2 nitrogen and oxygen atoms in total. The van der Waals surface area contributed by atoms with E-state index < -0.39 is 34.4 Å². The maximum Gasteiger partial charge on any atom is 0.169 e. The summed E-state index contributed by atoms with van der Waals surface area (Å²) in [7, 11) is 0. The second-order valence-electron chi connectivity index (χ2n) is 11.3. The van der Waals surface area contributed by atoms with Gasteiger partial charge in [0.15, 0.2) is 23.3 Å². The average molecular weight is 609 g/mol. The number of nitrogens with zero attached hydrogens (tertiary/aromatic N) is 2. The lowest BCUT2D eigenvalue weighted by Crippen LogP contribution is -2.25. The Kier molecular flexibility index (Phi) is 14.5. The van der Waals surface area contributed by atoms with Gasteiger partial charge in [0.25, 0.3) is 0 Å². The fourth-order valence-electron chi connectivity index (χ4n) is 5.05. The van der Waals surface area contributed by atoms with Crippen LogP contribution in [0.1, 0.15) is 101 Å². The van der Waals surface area contributed by atoms with Crippen molar-refractivity contribution in [2.45, 2.75) is 79.1 Å². The van der Waals surface area contributed by atoms with Crippen LogP contribution in [0.3, 0.4) is 0 Å². The number of unbranched alkanes of at least 4 members (excludes halogenated alkanes) is 4. The summed E-state index contributed by atoms with van der Waals surface area (Å²) in [5.74, 6) is -5.67. The Morgan fingerprint density at radius 2 is 0.705 bits per heavy atom. The third-order valence-electron chi connectivity index (χ3n) is 7.86. The number of benzene rings is 3. The molecule has 0 amide bonds. The van der Waals surface area contributed by atoms with E-state index in [-0.39, 0.29) is 0 Å². The average Bonchev–Trinajstić information content (AvgIpc) is 3.05. The molecule has 3 rings (SSSR count). The summed E-state index contributed by atoms with van der Waals surface area (Å²) >= 11 is 0. The molecule has 3 aromatic rings. The van der Waals surface area contributed by atoms with Crippen molar-refractivity contribution in [3.63, 3.8) is 0 Å². The van der Waals surface area contributed by atoms with Crippen molar-refractivity contribution in [1.82, 2.24) is 0 Å². The van der Waals surface area contributed by atoms with Gasteiger partial charge in [-0.15, -0.1) is 0 Å². The molecule has 0 saturated carbocycles. The topological polar surface area (TPSA) is 6.48 Å². The molecular weight excluding hydrogens is 560 g/mol. The molecule has 0 aliphatic rings. The Labute approximate surface area is 262 Å². The molecule has 0 aromatic heterocycles. The van der Waals surface area contributed by atoms with Gasteiger partial charge in [0.05, 0.1) is 11.1 Å². The Morgan fingerprint density at radius 3 is 0.955 bits per heavy atom. The third-order valence-corrected chi connectivity index (χ3v) is 7.86. The molecule has 0 heterocycles. The molecule has 0 aliphatic heterocycles. The van der Waals surface area contributed by atoms with Crippen LogP contribution >= 0.6 is 0 Å². The Hall–Kier alpha value is -3.54. The van der Waals surface area contributed by atoms with Gasteiger partial charge in [-0.3, -0.25) is 0 Å². The molecule has 0 aliphatic carbocycles. The first-order valence-electron chi connectivity index (χ1n) is 16.3. The van der Waals surface area contributed by atoms with Gasteiger partial charge in [0.2, 0.25) is 0 Å². The summed E-state index contributed by atoms with van der Waals surface area (Å²) in [6.07, 6.45) is 13.9. The van der Waals surface area contributed by atoms with Crippen LogP contribution in [0.4, 0.5) is 28.9 Å². The molecule has 0 saturated heterocycles. The summed E-state index contributed by atoms with van der Waals surface area (Å²) in [5.41, 5.74) is 2.03. The molecule has 44 heavy (non-hydrogen) atoms. The molecule has 0 atom stereocenters. The summed E-state index contributed by atoms with van der Waals surface area (Å²) < 4.78 is 60.0. The number of halogens is 4. The van der Waals surface area contributed by atoms with Crippen molar-refractivity contribution < 1.29 is 17.6 Å². The van der Waals surface area contributed by atoms with Crippen LogP contribution < -0.4 is 9.80 Å². The van der Waals surface area contributed by atoms with Gasteiger partial charge in [0, 0.05) is 37.6 Å². The Bertz CT molecular complexity index is 1200. The standard InChI is InChI=1S/C38H48F4N2/c1-5-9-25-43(26-10-6-2)31-19-13-29(14-20-31)17-23-33-35(39)37(41)34(38(42)36(33)40)24-18-30-15-21-32(22-16-30)44(27-11-7-3)28-12-8-4/h13-24H,5-12,25-28H2,1-4H3/b23-17+,24-18+. The van der Waals surface area contributed by atoms with Crippen LogP contribution in [-0.2, 0) is 0 Å². The van der Waals surface area contributed by atoms with Crippen molar-refractivity contribution in [2.75, 3.05) is 36.0 Å². The lowest BCUT2D eigenvalue weighted by Gasteiger charge is -2.24. The number of rotatable bonds is 18. The highest BCUT2D eigenvalue weighted by Crippen LogP contribution is 2.28. The summed E-state index contributed by atoms with van der Waals surface area (Å²) in [4.78, 5) is 4.67. The van der Waals surface area contributed by atoms with Gasteiger partial charge in [-0.1, -0.05) is 89.8 Å². The maximum absolute atomic E-state index is 15.0. The fraction of sp³-hybridized carbons (Fsp3) is 0.421. The SMILES string of the molecule is CCCCN(CCCC)c1ccc(/C=C/c2c(F)c(F)c(/C=C/c3ccc(N(CCCC)CCCC)cc3)c(F)c2F)cc1. The Balaban J connectivity index is 1.77. The highest BCUT2D eigenvalue weighted by molar-refractivity contribution is 5.75. The predicted octanol–water partition coefficient (Wildman–Crippen LogP) is 11.4. The lowest BCUT2D eigenvalue weighted by molar-refractivity contribution is 0.448. The number of anilines is 2. The van der Waals surface area contributed by atoms with Crippen LogP contribution in [0.5, 0.6) is 0 Å². The van der Waals surface area contributed by atoms with E-state index in [9.17, 15) is 0 Å². The predicted molar refractivity (Wildman–Crippen MR) is 181 cm³/mol. The molecule has 0 N–H and O–H groups in total. The van der Waals surface area contributed by atoms with Gasteiger partial charge >= 0.3 is 0 Å². The van der Waals surface area contributed by atoms with Crippen LogP contribution in [0.15, 0.2) is 48.5 Å². The first-order chi connectivity index (χ1) is 21.3. The van der Waals surface area contributed by atoms with E-state index in [2.05, 4.69) is 37.5 Å². The normalized spacial score (nSPS) is 11.6. The monoisotopic (exact) mass is 608 g/mol. The van der Waals surface area contributed by atoms with Gasteiger partial charge in [-0.25, -0.2) is 17.6 Å². The van der Waals surface area contributed by atoms with Crippen LogP contribution in [0, 0.1) is 23.3 Å². The van der Waals surface area contributed by atoms with E-state index in [0.29, 0.717) is 11.1 Å². The van der Waals surface area contributed by atoms with Crippen molar-refractivity contribution >= 4 is 35.7 Å². The van der Waals surface area contributed by atoms with E-state index in [1.807, 2.05) is 48.5 Å². The smallest absolute Gasteiger partial charge is 0.169 e. The molecule has 6 heteroatoms. The summed E-state index contributed by atoms with van der Waals surface area (Å²) in [6.45, 7) is 12.5. The van der Waals surface area contributed by atoms with Crippen LogP contribution in [-0.4, -0.2) is 26.2 Å². The number of hydrogen-bond donors (Lipinski definition) is 0. The molecule has 0 fully saturated rings. The summed E-state index contributed by atoms with van der Waals surface area (Å²) in [6, 6.07) is 15.2. The van der Waals surface area contributed by atoms with Gasteiger partial charge in [-0.05, 0) is 73.2 Å². The quantitative estimate of drug-likeness (QED) is 0.0805. The summed E-state index contributed by atoms with van der Waals surface area (Å²) in [5, 5.41) is 0. The van der Waals surface area contributed by atoms with Gasteiger partial charge in [-0.2, -0.15) is 0 Å². The minimum absolute atomic E-state index is 0.676. The maximum atomic E-state index is 15.0. The first-order valence-corrected chi connectivity index (χ1v) is 16.3. The minimum atomic E-state index is -1.42. The van der Waals surface area contributed by atoms with Gasteiger partial charge in [0.1, 0.15) is 0 Å². The van der Waals surface area contributed by atoms with E-state index in [1.54, 1.807) is 0 Å². The first kappa shape index (κ1) is 34.9. The van der Waals surface area contributed by atoms with E-state index >= 15 is 17.6 Å². The zero-order valence-corrected chi connectivity index (χ0v) is 26.8. The molecule has 0 spiro atoms. The second kappa shape index (κ2) is 18.3. The zero-order valence-electron chi connectivity index (χ0n) is 26.8. The molecule has 0 bridgehead atoms. The molecular formula is C38H48F4N2. The van der Waals surface area contributed by atoms with Crippen molar-refractivity contribution in [3.05, 3.63) is 94.1 Å². The van der Waals surface area contributed by atoms with E-state index in [1.165, 1.54) is 12.2 Å². The largest absolute Gasteiger partial charge is 0.372 e. The zero-order chi connectivity index (χ0) is 31.9. The second-order valence-corrected chi connectivity index (χ2v) is 11.3. The fourth-order valence-corrected chi connectivity index (χ4v) is 5.05. The van der Waals surface area contributed by atoms with Crippen LogP contribution in [0.25, 0.3) is 24.3 Å². The third kappa shape index (κ3) is 9.73. The molecule has 238 valence electrons. The molecule has 0 unspecified atom stereocenters. The van der Waals surface area contributed by atoms with E-state index in [0.717, 1.165) is 101 Å². The highest BCUT2D eigenvalue weighted by atomic mass is 19.2. The van der Waals surface area contributed by atoms with Crippen LogP contribution in [0.2, 0.25) is 0 Å².